The normalized spacial score (nSPS) is 35.4. The van der Waals surface area contributed by atoms with Crippen LogP contribution in [-0.4, -0.2) is 49.3 Å². The highest BCUT2D eigenvalue weighted by Crippen LogP contribution is 2.22. The highest BCUT2D eigenvalue weighted by Gasteiger charge is 2.32. The second-order valence-electron chi connectivity index (χ2n) is 5.31. The molecule has 0 bridgehead atoms. The van der Waals surface area contributed by atoms with E-state index >= 15 is 0 Å². The van der Waals surface area contributed by atoms with E-state index in [0.717, 1.165) is 13.0 Å². The maximum absolute atomic E-state index is 12.4. The van der Waals surface area contributed by atoms with Crippen molar-refractivity contribution < 1.29 is 14.3 Å². The summed E-state index contributed by atoms with van der Waals surface area (Å²) in [5.41, 5.74) is 0. The van der Waals surface area contributed by atoms with Gasteiger partial charge in [-0.25, -0.2) is 0 Å². The zero-order valence-electron chi connectivity index (χ0n) is 10.9. The summed E-state index contributed by atoms with van der Waals surface area (Å²) >= 11 is 0. The summed E-state index contributed by atoms with van der Waals surface area (Å²) in [6, 6.07) is 0.331. The van der Waals surface area contributed by atoms with Gasteiger partial charge in [0.15, 0.2) is 6.10 Å². The molecule has 2 heterocycles. The van der Waals surface area contributed by atoms with Gasteiger partial charge in [0, 0.05) is 12.6 Å². The van der Waals surface area contributed by atoms with Gasteiger partial charge in [0.05, 0.1) is 19.8 Å². The van der Waals surface area contributed by atoms with Gasteiger partial charge in [-0.1, -0.05) is 13.3 Å². The zero-order valence-corrected chi connectivity index (χ0v) is 10.9. The lowest BCUT2D eigenvalue weighted by Crippen LogP contribution is -2.49. The highest BCUT2D eigenvalue weighted by atomic mass is 16.6. The predicted molar refractivity (Wildman–Crippen MR) is 64.7 cm³/mol. The average Bonchev–Trinajstić information content (AvgIpc) is 2.51. The molecule has 98 valence electrons. The molecule has 4 nitrogen and oxygen atoms in total. The number of ether oxygens (including phenoxy) is 2. The van der Waals surface area contributed by atoms with Crippen LogP contribution < -0.4 is 0 Å². The van der Waals surface area contributed by atoms with Crippen molar-refractivity contribution in [1.29, 1.82) is 0 Å². The van der Waals surface area contributed by atoms with Crippen molar-refractivity contribution in [3.63, 3.8) is 0 Å². The fourth-order valence-electron chi connectivity index (χ4n) is 2.65. The van der Waals surface area contributed by atoms with Crippen molar-refractivity contribution >= 4 is 5.91 Å². The summed E-state index contributed by atoms with van der Waals surface area (Å²) in [6.07, 6.45) is 3.16. The van der Waals surface area contributed by atoms with Crippen LogP contribution in [-0.2, 0) is 14.3 Å². The number of carbonyl (C=O) groups excluding carboxylic acids is 1. The highest BCUT2D eigenvalue weighted by molar-refractivity contribution is 5.81. The van der Waals surface area contributed by atoms with E-state index in [9.17, 15) is 4.79 Å². The van der Waals surface area contributed by atoms with Crippen molar-refractivity contribution in [3.8, 4) is 0 Å². The van der Waals surface area contributed by atoms with Gasteiger partial charge < -0.3 is 14.4 Å². The Labute approximate surface area is 103 Å². The second kappa shape index (κ2) is 5.83. The van der Waals surface area contributed by atoms with Crippen molar-refractivity contribution in [1.82, 2.24) is 4.90 Å². The minimum Gasteiger partial charge on any atom is -0.376 e. The van der Waals surface area contributed by atoms with Gasteiger partial charge >= 0.3 is 0 Å². The Morgan fingerprint density at radius 3 is 2.76 bits per heavy atom. The average molecular weight is 241 g/mol. The summed E-state index contributed by atoms with van der Waals surface area (Å²) in [5.74, 6) is 0.708. The van der Waals surface area contributed by atoms with Crippen molar-refractivity contribution in [2.45, 2.75) is 45.3 Å². The number of amides is 1. The second-order valence-corrected chi connectivity index (χ2v) is 5.31. The third-order valence-electron chi connectivity index (χ3n) is 3.73. The molecule has 2 saturated heterocycles. The number of hydrogen-bond donors (Lipinski definition) is 0. The lowest BCUT2D eigenvalue weighted by Gasteiger charge is -2.33. The standard InChI is InChI=1S/C13H23NO3/c1-10-4-3-5-11(2)14(8-10)13(15)12-9-16-6-7-17-12/h10-12H,3-9H2,1-2H3. The summed E-state index contributed by atoms with van der Waals surface area (Å²) < 4.78 is 10.8. The van der Waals surface area contributed by atoms with E-state index in [1.165, 1.54) is 12.8 Å². The van der Waals surface area contributed by atoms with Crippen LogP contribution in [0.25, 0.3) is 0 Å². The molecule has 1 amide bonds. The minimum absolute atomic E-state index is 0.117. The van der Waals surface area contributed by atoms with Crippen LogP contribution in [0.4, 0.5) is 0 Å². The fraction of sp³-hybridized carbons (Fsp3) is 0.923. The van der Waals surface area contributed by atoms with E-state index < -0.39 is 0 Å². The molecule has 17 heavy (non-hydrogen) atoms. The van der Waals surface area contributed by atoms with Crippen LogP contribution >= 0.6 is 0 Å². The molecule has 0 aromatic rings. The number of hydrogen-bond acceptors (Lipinski definition) is 3. The molecule has 3 atom stereocenters. The van der Waals surface area contributed by atoms with Crippen LogP contribution in [0.5, 0.6) is 0 Å². The molecule has 2 aliphatic heterocycles. The molecule has 0 aromatic heterocycles. The predicted octanol–water partition coefficient (Wildman–Crippen LogP) is 1.44. The largest absolute Gasteiger partial charge is 0.376 e. The van der Waals surface area contributed by atoms with Crippen LogP contribution in [0.15, 0.2) is 0 Å². The molecule has 0 aromatic carbocycles. The Balaban J connectivity index is 1.99. The Bertz CT molecular complexity index is 263. The van der Waals surface area contributed by atoms with E-state index in [4.69, 9.17) is 9.47 Å². The quantitative estimate of drug-likeness (QED) is 0.697. The lowest BCUT2D eigenvalue weighted by atomic mass is 10.1. The van der Waals surface area contributed by atoms with E-state index in [0.29, 0.717) is 31.8 Å². The first-order valence-electron chi connectivity index (χ1n) is 6.68. The van der Waals surface area contributed by atoms with Gasteiger partial charge in [-0.15, -0.1) is 0 Å². The van der Waals surface area contributed by atoms with Crippen LogP contribution in [0, 0.1) is 5.92 Å². The number of carbonyl (C=O) groups is 1. The monoisotopic (exact) mass is 241 g/mol. The van der Waals surface area contributed by atoms with Gasteiger partial charge in [0.1, 0.15) is 0 Å². The molecule has 0 spiro atoms. The molecular weight excluding hydrogens is 218 g/mol. The van der Waals surface area contributed by atoms with Gasteiger partial charge in [0.25, 0.3) is 5.91 Å². The van der Waals surface area contributed by atoms with Crippen molar-refractivity contribution in [2.75, 3.05) is 26.4 Å². The SMILES string of the molecule is CC1CCCC(C)N(C(=O)C2COCCO2)C1. The molecule has 2 aliphatic rings. The maximum atomic E-state index is 12.4. The molecule has 0 aliphatic carbocycles. The topological polar surface area (TPSA) is 38.8 Å². The Morgan fingerprint density at radius 2 is 2.06 bits per heavy atom. The van der Waals surface area contributed by atoms with E-state index in [1.807, 2.05) is 4.90 Å². The molecule has 2 rings (SSSR count). The smallest absolute Gasteiger partial charge is 0.254 e. The molecule has 2 fully saturated rings. The number of rotatable bonds is 1. The van der Waals surface area contributed by atoms with Crippen LogP contribution in [0.2, 0.25) is 0 Å². The molecule has 0 saturated carbocycles. The van der Waals surface area contributed by atoms with E-state index in [2.05, 4.69) is 13.8 Å². The Kier molecular flexibility index (Phi) is 4.40. The summed E-state index contributed by atoms with van der Waals surface area (Å²) in [6.45, 7) is 6.77. The number of nitrogens with zero attached hydrogens (tertiary/aromatic N) is 1. The number of likely N-dealkylation sites (tertiary alicyclic amines) is 1. The van der Waals surface area contributed by atoms with Gasteiger partial charge in [-0.2, -0.15) is 0 Å². The van der Waals surface area contributed by atoms with Gasteiger partial charge in [-0.05, 0) is 25.7 Å². The molecule has 3 unspecified atom stereocenters. The summed E-state index contributed by atoms with van der Waals surface area (Å²) in [5, 5.41) is 0. The summed E-state index contributed by atoms with van der Waals surface area (Å²) in [4.78, 5) is 14.4. The Morgan fingerprint density at radius 1 is 1.24 bits per heavy atom. The molecule has 0 radical (unpaired) electrons. The minimum atomic E-state index is -0.378. The first-order chi connectivity index (χ1) is 8.18. The van der Waals surface area contributed by atoms with Gasteiger partial charge in [-0.3, -0.25) is 4.79 Å². The van der Waals surface area contributed by atoms with Crippen molar-refractivity contribution in [2.24, 2.45) is 5.92 Å². The van der Waals surface area contributed by atoms with Crippen LogP contribution in [0.3, 0.4) is 0 Å². The maximum Gasteiger partial charge on any atom is 0.254 e. The summed E-state index contributed by atoms with van der Waals surface area (Å²) in [7, 11) is 0. The van der Waals surface area contributed by atoms with E-state index in [-0.39, 0.29) is 12.0 Å². The fourth-order valence-corrected chi connectivity index (χ4v) is 2.65. The Hall–Kier alpha value is -0.610. The lowest BCUT2D eigenvalue weighted by molar-refractivity contribution is -0.160. The third kappa shape index (κ3) is 3.19. The zero-order chi connectivity index (χ0) is 12.3. The molecule has 4 heteroatoms. The first-order valence-corrected chi connectivity index (χ1v) is 6.68. The van der Waals surface area contributed by atoms with Crippen LogP contribution in [0.1, 0.15) is 33.1 Å². The molecular formula is C13H23NO3. The first kappa shape index (κ1) is 12.8. The van der Waals surface area contributed by atoms with Gasteiger partial charge in [0.2, 0.25) is 0 Å². The third-order valence-corrected chi connectivity index (χ3v) is 3.73. The molecule has 0 N–H and O–H groups in total. The van der Waals surface area contributed by atoms with E-state index in [1.54, 1.807) is 0 Å². The van der Waals surface area contributed by atoms with Crippen molar-refractivity contribution in [3.05, 3.63) is 0 Å².